The number of amides is 1. The van der Waals surface area contributed by atoms with E-state index in [1.165, 1.54) is 22.8 Å². The van der Waals surface area contributed by atoms with Crippen LogP contribution in [0.1, 0.15) is 35.1 Å². The number of anilines is 1. The van der Waals surface area contributed by atoms with E-state index in [0.29, 0.717) is 38.3 Å². The number of carbonyl (C=O) groups excluding carboxylic acids is 1. The highest BCUT2D eigenvalue weighted by molar-refractivity contribution is 5.79. The van der Waals surface area contributed by atoms with Crippen LogP contribution >= 0.6 is 0 Å². The lowest BCUT2D eigenvalue weighted by atomic mass is 9.96. The Hall–Kier alpha value is -2.61. The standard InChI is InChI=1S/C24H29F3N4O/c1-17-2-3-20-16-30(10-6-19(20)14-17)13-9-28-23(32)18-7-11-31(12-8-18)22-5-4-21(15-29-22)24(25,26)27/h2-5,14-15,18H,6-13,16H2,1H3,(H,28,32). The molecule has 32 heavy (non-hydrogen) atoms. The van der Waals surface area contributed by atoms with E-state index >= 15 is 0 Å². The summed E-state index contributed by atoms with van der Waals surface area (Å²) in [5.74, 6) is 0.529. The van der Waals surface area contributed by atoms with Crippen LogP contribution in [0.3, 0.4) is 0 Å². The Morgan fingerprint density at radius 3 is 2.59 bits per heavy atom. The Morgan fingerprint density at radius 2 is 1.91 bits per heavy atom. The van der Waals surface area contributed by atoms with Crippen molar-refractivity contribution in [3.05, 3.63) is 58.8 Å². The number of pyridine rings is 1. The molecule has 172 valence electrons. The van der Waals surface area contributed by atoms with Crippen molar-refractivity contribution in [1.82, 2.24) is 15.2 Å². The van der Waals surface area contributed by atoms with Crippen LogP contribution in [0.4, 0.5) is 19.0 Å². The van der Waals surface area contributed by atoms with Crippen LogP contribution in [-0.4, -0.2) is 48.5 Å². The molecule has 0 aliphatic carbocycles. The number of aryl methyl sites for hydroxylation is 1. The fourth-order valence-electron chi connectivity index (χ4n) is 4.52. The Kier molecular flexibility index (Phi) is 6.69. The molecule has 4 rings (SSSR count). The van der Waals surface area contributed by atoms with Crippen LogP contribution in [0.2, 0.25) is 0 Å². The number of nitrogens with zero attached hydrogens (tertiary/aromatic N) is 3. The topological polar surface area (TPSA) is 48.5 Å². The van der Waals surface area contributed by atoms with Gasteiger partial charge in [0.05, 0.1) is 5.56 Å². The molecule has 0 saturated carbocycles. The SMILES string of the molecule is Cc1ccc2c(c1)CCN(CCNC(=O)C1CCN(c3ccc(C(F)(F)F)cn3)CC1)C2. The van der Waals surface area contributed by atoms with Gasteiger partial charge in [-0.25, -0.2) is 4.98 Å². The van der Waals surface area contributed by atoms with Crippen LogP contribution in [-0.2, 0) is 23.9 Å². The van der Waals surface area contributed by atoms with Crippen LogP contribution < -0.4 is 10.2 Å². The van der Waals surface area contributed by atoms with E-state index in [1.807, 2.05) is 4.90 Å². The normalized spacial score (nSPS) is 17.8. The van der Waals surface area contributed by atoms with E-state index in [1.54, 1.807) is 0 Å². The molecule has 0 bridgehead atoms. The maximum Gasteiger partial charge on any atom is 0.417 e. The summed E-state index contributed by atoms with van der Waals surface area (Å²) in [6.45, 7) is 6.72. The molecule has 0 radical (unpaired) electrons. The largest absolute Gasteiger partial charge is 0.417 e. The summed E-state index contributed by atoms with van der Waals surface area (Å²) in [6, 6.07) is 9.08. The van der Waals surface area contributed by atoms with Crippen molar-refractivity contribution >= 4 is 11.7 Å². The van der Waals surface area contributed by atoms with Gasteiger partial charge in [0.2, 0.25) is 5.91 Å². The van der Waals surface area contributed by atoms with Gasteiger partial charge in [-0.2, -0.15) is 13.2 Å². The maximum atomic E-state index is 12.7. The van der Waals surface area contributed by atoms with Crippen molar-refractivity contribution in [3.63, 3.8) is 0 Å². The number of aromatic nitrogens is 1. The van der Waals surface area contributed by atoms with Gasteiger partial charge in [-0.3, -0.25) is 9.69 Å². The first-order valence-electron chi connectivity index (χ1n) is 11.2. The number of nitrogens with one attached hydrogen (secondary N) is 1. The van der Waals surface area contributed by atoms with Gasteiger partial charge in [0.15, 0.2) is 0 Å². The summed E-state index contributed by atoms with van der Waals surface area (Å²) in [5.41, 5.74) is 3.35. The summed E-state index contributed by atoms with van der Waals surface area (Å²) in [6.07, 6.45) is -1.13. The second-order valence-corrected chi connectivity index (χ2v) is 8.75. The average molecular weight is 447 g/mol. The molecule has 1 amide bonds. The third-order valence-corrected chi connectivity index (χ3v) is 6.45. The van der Waals surface area contributed by atoms with Gasteiger partial charge < -0.3 is 10.2 Å². The van der Waals surface area contributed by atoms with Gasteiger partial charge >= 0.3 is 6.18 Å². The van der Waals surface area contributed by atoms with E-state index in [2.05, 4.69) is 40.3 Å². The number of alkyl halides is 3. The Morgan fingerprint density at radius 1 is 1.12 bits per heavy atom. The lowest BCUT2D eigenvalue weighted by Gasteiger charge is -2.32. The predicted octanol–water partition coefficient (Wildman–Crippen LogP) is 3.80. The molecule has 1 fully saturated rings. The first kappa shape index (κ1) is 22.6. The first-order valence-corrected chi connectivity index (χ1v) is 11.2. The van der Waals surface area contributed by atoms with Crippen LogP contribution in [0.15, 0.2) is 36.5 Å². The molecular formula is C24H29F3N4O. The fourth-order valence-corrected chi connectivity index (χ4v) is 4.52. The average Bonchev–Trinajstić information content (AvgIpc) is 2.78. The zero-order valence-corrected chi connectivity index (χ0v) is 18.3. The second kappa shape index (κ2) is 9.48. The summed E-state index contributed by atoms with van der Waals surface area (Å²) < 4.78 is 38.1. The third kappa shape index (κ3) is 5.41. The number of benzene rings is 1. The molecule has 1 saturated heterocycles. The number of carbonyl (C=O) groups is 1. The highest BCUT2D eigenvalue weighted by atomic mass is 19.4. The number of halogens is 3. The molecule has 2 aromatic rings. The minimum absolute atomic E-state index is 0.0641. The van der Waals surface area contributed by atoms with Gasteiger partial charge in [-0.1, -0.05) is 23.8 Å². The van der Waals surface area contributed by atoms with E-state index in [9.17, 15) is 18.0 Å². The zero-order valence-electron chi connectivity index (χ0n) is 18.3. The predicted molar refractivity (Wildman–Crippen MR) is 117 cm³/mol. The van der Waals surface area contributed by atoms with Crippen molar-refractivity contribution in [3.8, 4) is 0 Å². The van der Waals surface area contributed by atoms with Crippen molar-refractivity contribution in [2.24, 2.45) is 5.92 Å². The summed E-state index contributed by atoms with van der Waals surface area (Å²) >= 11 is 0. The monoisotopic (exact) mass is 446 g/mol. The van der Waals surface area contributed by atoms with E-state index < -0.39 is 11.7 Å². The zero-order chi connectivity index (χ0) is 22.7. The van der Waals surface area contributed by atoms with Gasteiger partial charge in [0, 0.05) is 51.4 Å². The molecular weight excluding hydrogens is 417 g/mol. The molecule has 1 N–H and O–H groups in total. The second-order valence-electron chi connectivity index (χ2n) is 8.75. The Bertz CT molecular complexity index is 937. The van der Waals surface area contributed by atoms with Gasteiger partial charge in [-0.05, 0) is 49.4 Å². The number of fused-ring (bicyclic) bond motifs is 1. The third-order valence-electron chi connectivity index (χ3n) is 6.45. The first-order chi connectivity index (χ1) is 15.3. The lowest BCUT2D eigenvalue weighted by molar-refractivity contribution is -0.137. The molecule has 0 unspecified atom stereocenters. The van der Waals surface area contributed by atoms with Crippen molar-refractivity contribution in [1.29, 1.82) is 0 Å². The molecule has 3 heterocycles. The molecule has 0 atom stereocenters. The van der Waals surface area contributed by atoms with E-state index in [0.717, 1.165) is 38.3 Å². The number of hydrogen-bond acceptors (Lipinski definition) is 4. The van der Waals surface area contributed by atoms with Gasteiger partial charge in [-0.15, -0.1) is 0 Å². The number of rotatable bonds is 5. The summed E-state index contributed by atoms with van der Waals surface area (Å²) in [4.78, 5) is 20.9. The molecule has 0 spiro atoms. The molecule has 8 heteroatoms. The van der Waals surface area contributed by atoms with Crippen LogP contribution in [0.25, 0.3) is 0 Å². The number of piperidine rings is 1. The smallest absolute Gasteiger partial charge is 0.357 e. The summed E-state index contributed by atoms with van der Waals surface area (Å²) in [7, 11) is 0. The number of hydrogen-bond donors (Lipinski definition) is 1. The summed E-state index contributed by atoms with van der Waals surface area (Å²) in [5, 5.41) is 3.07. The van der Waals surface area contributed by atoms with Crippen molar-refractivity contribution in [2.75, 3.05) is 37.6 Å². The van der Waals surface area contributed by atoms with E-state index in [-0.39, 0.29) is 11.8 Å². The fraction of sp³-hybridized carbons (Fsp3) is 0.500. The Labute approximate surface area is 186 Å². The lowest BCUT2D eigenvalue weighted by Crippen LogP contribution is -2.43. The molecule has 1 aromatic carbocycles. The molecule has 5 nitrogen and oxygen atoms in total. The molecule has 2 aliphatic rings. The van der Waals surface area contributed by atoms with Crippen LogP contribution in [0, 0.1) is 12.8 Å². The van der Waals surface area contributed by atoms with Crippen molar-refractivity contribution < 1.29 is 18.0 Å². The minimum Gasteiger partial charge on any atom is -0.357 e. The minimum atomic E-state index is -4.38. The Balaban J connectivity index is 1.19. The van der Waals surface area contributed by atoms with E-state index in [4.69, 9.17) is 0 Å². The highest BCUT2D eigenvalue weighted by Crippen LogP contribution is 2.30. The quantitative estimate of drug-likeness (QED) is 0.759. The molecule has 1 aromatic heterocycles. The maximum absolute atomic E-state index is 12.7. The van der Waals surface area contributed by atoms with Crippen molar-refractivity contribution in [2.45, 2.75) is 38.9 Å². The highest BCUT2D eigenvalue weighted by Gasteiger charge is 2.31. The van der Waals surface area contributed by atoms with Gasteiger partial charge in [0.25, 0.3) is 0 Å². The van der Waals surface area contributed by atoms with Crippen LogP contribution in [0.5, 0.6) is 0 Å². The van der Waals surface area contributed by atoms with Gasteiger partial charge in [0.1, 0.15) is 5.82 Å². The molecule has 2 aliphatic heterocycles.